The molecule has 0 heterocycles. The second-order valence-corrected chi connectivity index (χ2v) is 7.35. The van der Waals surface area contributed by atoms with Crippen LogP contribution in [0.4, 0.5) is 4.39 Å². The van der Waals surface area contributed by atoms with E-state index in [1.807, 2.05) is 24.3 Å². The van der Waals surface area contributed by atoms with Crippen molar-refractivity contribution in [3.05, 3.63) is 100 Å². The quantitative estimate of drug-likeness (QED) is 0.466. The van der Waals surface area contributed by atoms with Crippen molar-refractivity contribution in [3.8, 4) is 5.75 Å². The first-order chi connectivity index (χ1) is 13.6. The molecule has 3 aromatic carbocycles. The zero-order chi connectivity index (χ0) is 19.8. The van der Waals surface area contributed by atoms with Gasteiger partial charge in [-0.25, -0.2) is 4.39 Å². The average Bonchev–Trinajstić information content (AvgIpc) is 2.71. The van der Waals surface area contributed by atoms with Crippen molar-refractivity contribution in [2.45, 2.75) is 39.0 Å². The first kappa shape index (κ1) is 20.4. The van der Waals surface area contributed by atoms with E-state index in [0.717, 1.165) is 24.9 Å². The molecule has 1 unspecified atom stereocenters. The van der Waals surface area contributed by atoms with Crippen LogP contribution in [0.1, 0.15) is 30.0 Å². The van der Waals surface area contributed by atoms with Gasteiger partial charge in [-0.1, -0.05) is 60.1 Å². The Kier molecular flexibility index (Phi) is 7.46. The van der Waals surface area contributed by atoms with Crippen LogP contribution >= 0.6 is 11.6 Å². The molecule has 3 rings (SSSR count). The number of aryl methyl sites for hydroxylation is 1. The van der Waals surface area contributed by atoms with Crippen molar-refractivity contribution in [2.24, 2.45) is 0 Å². The summed E-state index contributed by atoms with van der Waals surface area (Å²) in [6.45, 7) is 3.06. The molecular formula is C24H25ClFNO. The molecule has 1 atom stereocenters. The molecule has 4 heteroatoms. The van der Waals surface area contributed by atoms with E-state index in [4.69, 9.17) is 16.3 Å². The Bertz CT molecular complexity index is 865. The van der Waals surface area contributed by atoms with Crippen LogP contribution < -0.4 is 10.1 Å². The van der Waals surface area contributed by atoms with Crippen LogP contribution in [0.5, 0.6) is 5.75 Å². The summed E-state index contributed by atoms with van der Waals surface area (Å²) in [4.78, 5) is 0. The summed E-state index contributed by atoms with van der Waals surface area (Å²) in [6.07, 6.45) is 2.13. The van der Waals surface area contributed by atoms with Gasteiger partial charge in [-0.05, 0) is 55.2 Å². The Balaban J connectivity index is 1.49. The summed E-state index contributed by atoms with van der Waals surface area (Å²) in [7, 11) is 0. The number of benzene rings is 3. The first-order valence-corrected chi connectivity index (χ1v) is 9.91. The van der Waals surface area contributed by atoms with Gasteiger partial charge in [0.25, 0.3) is 0 Å². The number of ether oxygens (including phenoxy) is 1. The summed E-state index contributed by atoms with van der Waals surface area (Å²) in [6, 6.07) is 23.4. The molecule has 2 nitrogen and oxygen atoms in total. The molecule has 0 radical (unpaired) electrons. The van der Waals surface area contributed by atoms with Gasteiger partial charge in [0.15, 0.2) is 0 Å². The van der Waals surface area contributed by atoms with Crippen molar-refractivity contribution in [2.75, 3.05) is 0 Å². The molecule has 0 aromatic heterocycles. The fourth-order valence-electron chi connectivity index (χ4n) is 2.99. The van der Waals surface area contributed by atoms with Crippen LogP contribution in [0, 0.1) is 5.82 Å². The Morgan fingerprint density at radius 1 is 0.964 bits per heavy atom. The predicted octanol–water partition coefficient (Wildman–Crippen LogP) is 6.17. The first-order valence-electron chi connectivity index (χ1n) is 9.54. The smallest absolute Gasteiger partial charge is 0.131 e. The lowest BCUT2D eigenvalue weighted by molar-refractivity contribution is 0.299. The van der Waals surface area contributed by atoms with Gasteiger partial charge in [-0.2, -0.15) is 0 Å². The third-order valence-electron chi connectivity index (χ3n) is 4.71. The highest BCUT2D eigenvalue weighted by molar-refractivity contribution is 6.31. The van der Waals surface area contributed by atoms with E-state index in [9.17, 15) is 4.39 Å². The zero-order valence-corrected chi connectivity index (χ0v) is 16.8. The van der Waals surface area contributed by atoms with Crippen LogP contribution in [0.2, 0.25) is 5.02 Å². The van der Waals surface area contributed by atoms with Gasteiger partial charge in [0.1, 0.15) is 18.2 Å². The van der Waals surface area contributed by atoms with Crippen molar-refractivity contribution >= 4 is 11.6 Å². The lowest BCUT2D eigenvalue weighted by atomic mass is 10.1. The van der Waals surface area contributed by atoms with Crippen molar-refractivity contribution < 1.29 is 9.13 Å². The molecule has 0 amide bonds. The van der Waals surface area contributed by atoms with E-state index in [1.165, 1.54) is 11.6 Å². The minimum Gasteiger partial charge on any atom is -0.489 e. The molecule has 146 valence electrons. The number of halogens is 2. The van der Waals surface area contributed by atoms with Gasteiger partial charge in [0, 0.05) is 18.2 Å². The van der Waals surface area contributed by atoms with Gasteiger partial charge in [0.05, 0.1) is 5.02 Å². The number of nitrogens with one attached hydrogen (secondary N) is 1. The summed E-state index contributed by atoms with van der Waals surface area (Å²) in [5, 5.41) is 3.93. The molecule has 0 aliphatic rings. The highest BCUT2D eigenvalue weighted by Gasteiger charge is 2.08. The van der Waals surface area contributed by atoms with Crippen LogP contribution in [-0.4, -0.2) is 6.04 Å². The third-order valence-corrected chi connectivity index (χ3v) is 5.06. The Labute approximate surface area is 171 Å². The van der Waals surface area contributed by atoms with E-state index in [1.54, 1.807) is 12.1 Å². The van der Waals surface area contributed by atoms with Gasteiger partial charge in [0.2, 0.25) is 0 Å². The van der Waals surface area contributed by atoms with Crippen LogP contribution in [0.15, 0.2) is 72.8 Å². The van der Waals surface area contributed by atoms with Crippen molar-refractivity contribution in [1.29, 1.82) is 0 Å². The fraction of sp³-hybridized carbons (Fsp3) is 0.250. The minimum atomic E-state index is -0.349. The Morgan fingerprint density at radius 2 is 1.71 bits per heavy atom. The predicted molar refractivity (Wildman–Crippen MR) is 113 cm³/mol. The van der Waals surface area contributed by atoms with E-state index in [2.05, 4.69) is 42.6 Å². The highest BCUT2D eigenvalue weighted by Crippen LogP contribution is 2.22. The summed E-state index contributed by atoms with van der Waals surface area (Å²) in [5.74, 6) is 0.355. The maximum absolute atomic E-state index is 13.9. The Morgan fingerprint density at radius 3 is 2.50 bits per heavy atom. The fourth-order valence-corrected chi connectivity index (χ4v) is 3.21. The van der Waals surface area contributed by atoms with Crippen molar-refractivity contribution in [3.63, 3.8) is 0 Å². The Hall–Kier alpha value is -2.36. The second-order valence-electron chi connectivity index (χ2n) is 6.94. The van der Waals surface area contributed by atoms with E-state index < -0.39 is 0 Å². The summed E-state index contributed by atoms with van der Waals surface area (Å²) < 4.78 is 19.6. The molecule has 0 aliphatic carbocycles. The van der Waals surface area contributed by atoms with Crippen LogP contribution in [-0.2, 0) is 19.6 Å². The monoisotopic (exact) mass is 397 g/mol. The minimum absolute atomic E-state index is 0.107. The average molecular weight is 398 g/mol. The highest BCUT2D eigenvalue weighted by atomic mass is 35.5. The molecule has 0 saturated carbocycles. The lowest BCUT2D eigenvalue weighted by Crippen LogP contribution is -2.25. The number of hydrogen-bond acceptors (Lipinski definition) is 2. The molecule has 0 saturated heterocycles. The third kappa shape index (κ3) is 6.08. The molecule has 0 spiro atoms. The van der Waals surface area contributed by atoms with Gasteiger partial charge in [-0.15, -0.1) is 0 Å². The molecule has 28 heavy (non-hydrogen) atoms. The number of hydrogen-bond donors (Lipinski definition) is 1. The van der Waals surface area contributed by atoms with Gasteiger partial charge < -0.3 is 10.1 Å². The SMILES string of the molecule is CC(CCc1ccccc1)NCc1cccc(OCc2c(F)cccc2Cl)c1. The van der Waals surface area contributed by atoms with Gasteiger partial charge >= 0.3 is 0 Å². The molecule has 0 fully saturated rings. The van der Waals surface area contributed by atoms with Crippen LogP contribution in [0.3, 0.4) is 0 Å². The molecular weight excluding hydrogens is 373 g/mol. The summed E-state index contributed by atoms with van der Waals surface area (Å²) in [5.41, 5.74) is 2.87. The maximum Gasteiger partial charge on any atom is 0.131 e. The van der Waals surface area contributed by atoms with E-state index in [-0.39, 0.29) is 12.4 Å². The maximum atomic E-state index is 13.9. The lowest BCUT2D eigenvalue weighted by Gasteiger charge is -2.15. The molecule has 3 aromatic rings. The zero-order valence-electron chi connectivity index (χ0n) is 16.0. The topological polar surface area (TPSA) is 21.3 Å². The largest absolute Gasteiger partial charge is 0.489 e. The molecule has 0 bridgehead atoms. The molecule has 1 N–H and O–H groups in total. The second kappa shape index (κ2) is 10.3. The van der Waals surface area contributed by atoms with E-state index in [0.29, 0.717) is 22.4 Å². The molecule has 0 aliphatic heterocycles. The van der Waals surface area contributed by atoms with Crippen LogP contribution in [0.25, 0.3) is 0 Å². The van der Waals surface area contributed by atoms with E-state index >= 15 is 0 Å². The normalized spacial score (nSPS) is 12.0. The van der Waals surface area contributed by atoms with Crippen molar-refractivity contribution in [1.82, 2.24) is 5.32 Å². The van der Waals surface area contributed by atoms with Gasteiger partial charge in [-0.3, -0.25) is 0 Å². The number of rotatable bonds is 9. The summed E-state index contributed by atoms with van der Waals surface area (Å²) >= 11 is 6.06. The standard InChI is InChI=1S/C24H25ClFNO/c1-18(13-14-19-7-3-2-4-8-19)27-16-20-9-5-10-21(15-20)28-17-22-23(25)11-6-12-24(22)26/h2-12,15,18,27H,13-14,16-17H2,1H3.